The molecule has 122 valence electrons. The largest absolute Gasteiger partial charge is 0.393 e. The lowest BCUT2D eigenvalue weighted by molar-refractivity contribution is -0.120. The lowest BCUT2D eigenvalue weighted by atomic mass is 10.0. The van der Waals surface area contributed by atoms with Gasteiger partial charge in [-0.1, -0.05) is 0 Å². The van der Waals surface area contributed by atoms with Crippen molar-refractivity contribution in [1.29, 1.82) is 0 Å². The molecule has 1 aromatic rings. The van der Waals surface area contributed by atoms with Gasteiger partial charge in [0.15, 0.2) is 0 Å². The first kappa shape index (κ1) is 16.7. The average molecular weight is 309 g/mol. The Labute approximate surface area is 130 Å². The van der Waals surface area contributed by atoms with Crippen LogP contribution in [0.2, 0.25) is 0 Å². The highest BCUT2D eigenvalue weighted by Crippen LogP contribution is 2.29. The molecule has 5 nitrogen and oxygen atoms in total. The maximum absolute atomic E-state index is 13.6. The van der Waals surface area contributed by atoms with E-state index in [0.29, 0.717) is 12.8 Å². The molecule has 0 aromatic heterocycles. The third kappa shape index (κ3) is 4.18. The fourth-order valence-corrected chi connectivity index (χ4v) is 2.80. The smallest absolute Gasteiger partial charge is 0.234 e. The van der Waals surface area contributed by atoms with Crippen LogP contribution in [-0.4, -0.2) is 43.8 Å². The van der Waals surface area contributed by atoms with E-state index in [1.807, 2.05) is 6.92 Å². The first-order valence-electron chi connectivity index (χ1n) is 7.67. The third-order valence-electron chi connectivity index (χ3n) is 3.98. The number of piperidine rings is 1. The quantitative estimate of drug-likeness (QED) is 0.764. The van der Waals surface area contributed by atoms with Gasteiger partial charge in [-0.25, -0.2) is 4.39 Å². The molecule has 22 heavy (non-hydrogen) atoms. The van der Waals surface area contributed by atoms with Gasteiger partial charge in [-0.3, -0.25) is 4.79 Å². The number of carbonyl (C=O) groups is 1. The van der Waals surface area contributed by atoms with E-state index in [2.05, 4.69) is 15.5 Å². The number of nitrogens with zero attached hydrogens (tertiary/aromatic N) is 1. The minimum Gasteiger partial charge on any atom is -0.393 e. The topological polar surface area (TPSA) is 64.6 Å². The first-order valence-corrected chi connectivity index (χ1v) is 7.67. The Kier molecular flexibility index (Phi) is 5.74. The van der Waals surface area contributed by atoms with Gasteiger partial charge in [-0.05, 0) is 45.0 Å². The number of aliphatic hydroxyl groups excluding tert-OH is 1. The van der Waals surface area contributed by atoms with Crippen molar-refractivity contribution in [3.8, 4) is 0 Å². The van der Waals surface area contributed by atoms with Crippen LogP contribution in [0.1, 0.15) is 31.4 Å². The summed E-state index contributed by atoms with van der Waals surface area (Å²) >= 11 is 0. The van der Waals surface area contributed by atoms with Crippen LogP contribution in [0, 0.1) is 5.82 Å². The molecule has 6 heteroatoms. The van der Waals surface area contributed by atoms with Crippen LogP contribution >= 0.6 is 0 Å². The van der Waals surface area contributed by atoms with Gasteiger partial charge in [-0.2, -0.15) is 0 Å². The van der Waals surface area contributed by atoms with E-state index in [0.717, 1.165) is 24.3 Å². The summed E-state index contributed by atoms with van der Waals surface area (Å²) in [6.07, 6.45) is 1.15. The van der Waals surface area contributed by atoms with Crippen molar-refractivity contribution >= 4 is 11.6 Å². The van der Waals surface area contributed by atoms with E-state index in [1.165, 1.54) is 12.1 Å². The second-order valence-corrected chi connectivity index (χ2v) is 5.74. The van der Waals surface area contributed by atoms with E-state index in [-0.39, 0.29) is 30.4 Å². The summed E-state index contributed by atoms with van der Waals surface area (Å²) in [4.78, 5) is 13.9. The SMILES string of the molecule is CNCC(=O)N[C@@H](C)c1cc(F)ccc1N1CCC(O)CC1. The molecule has 1 aromatic carbocycles. The number of amides is 1. The van der Waals surface area contributed by atoms with Gasteiger partial charge in [0, 0.05) is 24.3 Å². The number of rotatable bonds is 5. The third-order valence-corrected chi connectivity index (χ3v) is 3.98. The highest BCUT2D eigenvalue weighted by molar-refractivity contribution is 5.78. The molecule has 1 amide bonds. The van der Waals surface area contributed by atoms with Gasteiger partial charge < -0.3 is 20.6 Å². The van der Waals surface area contributed by atoms with Crippen molar-refractivity contribution in [2.45, 2.75) is 31.9 Å². The highest BCUT2D eigenvalue weighted by Gasteiger charge is 2.22. The number of hydrogen-bond acceptors (Lipinski definition) is 4. The molecule has 0 radical (unpaired) electrons. The monoisotopic (exact) mass is 309 g/mol. The van der Waals surface area contributed by atoms with E-state index < -0.39 is 0 Å². The number of nitrogens with one attached hydrogen (secondary N) is 2. The molecule has 2 rings (SSSR count). The van der Waals surface area contributed by atoms with Crippen molar-refractivity contribution in [2.24, 2.45) is 0 Å². The summed E-state index contributed by atoms with van der Waals surface area (Å²) < 4.78 is 13.6. The Morgan fingerprint density at radius 3 is 2.77 bits per heavy atom. The number of aliphatic hydroxyl groups is 1. The average Bonchev–Trinajstić information content (AvgIpc) is 2.48. The fourth-order valence-electron chi connectivity index (χ4n) is 2.80. The van der Waals surface area contributed by atoms with Crippen molar-refractivity contribution in [3.05, 3.63) is 29.6 Å². The van der Waals surface area contributed by atoms with Crippen molar-refractivity contribution in [3.63, 3.8) is 0 Å². The molecule has 1 atom stereocenters. The molecule has 0 spiro atoms. The second-order valence-electron chi connectivity index (χ2n) is 5.74. The zero-order chi connectivity index (χ0) is 16.1. The predicted octanol–water partition coefficient (Wildman–Crippen LogP) is 1.18. The number of carbonyl (C=O) groups excluding carboxylic acids is 1. The van der Waals surface area contributed by atoms with Crippen molar-refractivity contribution in [2.75, 3.05) is 31.6 Å². The van der Waals surface area contributed by atoms with E-state index in [1.54, 1.807) is 13.1 Å². The predicted molar refractivity (Wildman–Crippen MR) is 84.3 cm³/mol. The maximum atomic E-state index is 13.6. The molecule has 1 aliphatic rings. The zero-order valence-electron chi connectivity index (χ0n) is 13.1. The molecular formula is C16H24FN3O2. The van der Waals surface area contributed by atoms with Crippen molar-refractivity contribution in [1.82, 2.24) is 10.6 Å². The maximum Gasteiger partial charge on any atom is 0.234 e. The molecule has 1 fully saturated rings. The van der Waals surface area contributed by atoms with Gasteiger partial charge in [-0.15, -0.1) is 0 Å². The summed E-state index contributed by atoms with van der Waals surface area (Å²) in [7, 11) is 1.71. The van der Waals surface area contributed by atoms with Crippen LogP contribution < -0.4 is 15.5 Å². The number of hydrogen-bond donors (Lipinski definition) is 3. The van der Waals surface area contributed by atoms with Gasteiger partial charge in [0.2, 0.25) is 5.91 Å². The molecule has 1 aliphatic heterocycles. The summed E-state index contributed by atoms with van der Waals surface area (Å²) in [6, 6.07) is 4.39. The van der Waals surface area contributed by atoms with Crippen LogP contribution in [0.15, 0.2) is 18.2 Å². The van der Waals surface area contributed by atoms with Crippen LogP contribution in [0.4, 0.5) is 10.1 Å². The van der Waals surface area contributed by atoms with E-state index >= 15 is 0 Å². The number of likely N-dealkylation sites (N-methyl/N-ethyl adjacent to an activating group) is 1. The van der Waals surface area contributed by atoms with Gasteiger partial charge >= 0.3 is 0 Å². The van der Waals surface area contributed by atoms with Crippen LogP contribution in [-0.2, 0) is 4.79 Å². The molecule has 0 bridgehead atoms. The Balaban J connectivity index is 2.18. The summed E-state index contributed by atoms with van der Waals surface area (Å²) in [6.45, 7) is 3.55. The lowest BCUT2D eigenvalue weighted by Crippen LogP contribution is -2.38. The van der Waals surface area contributed by atoms with Gasteiger partial charge in [0.05, 0.1) is 18.7 Å². The Morgan fingerprint density at radius 2 is 2.14 bits per heavy atom. The summed E-state index contributed by atoms with van der Waals surface area (Å²) in [5, 5.41) is 15.3. The molecule has 1 saturated heterocycles. The van der Waals surface area contributed by atoms with Gasteiger partial charge in [0.1, 0.15) is 5.82 Å². The van der Waals surface area contributed by atoms with E-state index in [9.17, 15) is 14.3 Å². The minimum atomic E-state index is -0.314. The molecule has 3 N–H and O–H groups in total. The summed E-state index contributed by atoms with van der Waals surface area (Å²) in [5.41, 5.74) is 1.69. The minimum absolute atomic E-state index is 0.126. The van der Waals surface area contributed by atoms with Crippen molar-refractivity contribution < 1.29 is 14.3 Å². The standard InChI is InChI=1S/C16H24FN3O2/c1-11(19-16(22)10-18-2)14-9-12(17)3-4-15(14)20-7-5-13(21)6-8-20/h3-4,9,11,13,18,21H,5-8,10H2,1-2H3,(H,19,22)/t11-/m0/s1. The Morgan fingerprint density at radius 1 is 1.45 bits per heavy atom. The number of benzene rings is 1. The first-order chi connectivity index (χ1) is 10.5. The molecule has 0 aliphatic carbocycles. The fraction of sp³-hybridized carbons (Fsp3) is 0.562. The van der Waals surface area contributed by atoms with Crippen LogP contribution in [0.3, 0.4) is 0 Å². The van der Waals surface area contributed by atoms with Crippen LogP contribution in [0.25, 0.3) is 0 Å². The van der Waals surface area contributed by atoms with Gasteiger partial charge in [0.25, 0.3) is 0 Å². The zero-order valence-corrected chi connectivity index (χ0v) is 13.1. The number of halogens is 1. The summed E-state index contributed by atoms with van der Waals surface area (Å²) in [5.74, 6) is -0.440. The number of anilines is 1. The Hall–Kier alpha value is -1.66. The molecule has 0 unspecified atom stereocenters. The molecular weight excluding hydrogens is 285 g/mol. The lowest BCUT2D eigenvalue weighted by Gasteiger charge is -2.34. The molecule has 0 saturated carbocycles. The normalized spacial score (nSPS) is 17.4. The highest BCUT2D eigenvalue weighted by atomic mass is 19.1. The van der Waals surface area contributed by atoms with E-state index in [4.69, 9.17) is 0 Å². The second kappa shape index (κ2) is 7.56. The van der Waals surface area contributed by atoms with Crippen LogP contribution in [0.5, 0.6) is 0 Å². The molecule has 1 heterocycles. The Bertz CT molecular complexity index is 516.